The minimum atomic E-state index is 0. The fraction of sp³-hybridized carbons (Fsp3) is 0.136. The molecule has 0 bridgehead atoms. The summed E-state index contributed by atoms with van der Waals surface area (Å²) in [5, 5.41) is 15.8. The Bertz CT molecular complexity index is 1120. The summed E-state index contributed by atoms with van der Waals surface area (Å²) in [5.41, 5.74) is 2.91. The second-order valence-electron chi connectivity index (χ2n) is 6.49. The highest BCUT2D eigenvalue weighted by Gasteiger charge is 2.14. The zero-order valence-electron chi connectivity index (χ0n) is 16.7. The number of para-hydroxylation sites is 1. The van der Waals surface area contributed by atoms with E-state index in [0.717, 1.165) is 21.8 Å². The molecule has 0 aliphatic carbocycles. The Balaban J connectivity index is 0.00000272. The number of rotatable bonds is 8. The molecule has 1 aromatic heterocycles. The van der Waals surface area contributed by atoms with Crippen LogP contribution in [-0.2, 0) is 13.1 Å². The van der Waals surface area contributed by atoms with Crippen LogP contribution in [0.4, 0.5) is 0 Å². The number of nitrogens with one attached hydrogen (secondary N) is 1. The van der Waals surface area contributed by atoms with Crippen LogP contribution in [-0.4, -0.2) is 27.3 Å². The van der Waals surface area contributed by atoms with Crippen LogP contribution >= 0.6 is 24.0 Å². The molecule has 31 heavy (non-hydrogen) atoms. The number of methoxy groups -OCH3 is 1. The summed E-state index contributed by atoms with van der Waals surface area (Å²) < 4.78 is 13.0. The second kappa shape index (κ2) is 10.8. The zero-order valence-corrected chi connectivity index (χ0v) is 18.3. The fourth-order valence-electron chi connectivity index (χ4n) is 2.96. The Hall–Kier alpha value is -3.13. The normalized spacial score (nSPS) is 10.4. The average Bonchev–Trinajstić information content (AvgIpc) is 3.25. The Morgan fingerprint density at radius 2 is 1.71 bits per heavy atom. The first-order valence-electron chi connectivity index (χ1n) is 9.37. The smallest absolute Gasteiger partial charge is 0.346 e. The number of tetrazole rings is 1. The van der Waals surface area contributed by atoms with E-state index in [0.29, 0.717) is 24.6 Å². The van der Waals surface area contributed by atoms with Crippen LogP contribution in [0.3, 0.4) is 0 Å². The summed E-state index contributed by atoms with van der Waals surface area (Å²) in [5.74, 6) is 1.12. The molecule has 4 aromatic rings. The minimum Gasteiger partial charge on any atom is -0.493 e. The van der Waals surface area contributed by atoms with Gasteiger partial charge in [0, 0.05) is 18.1 Å². The lowest BCUT2D eigenvalue weighted by molar-refractivity contribution is 0.362. The molecule has 160 valence electrons. The number of hydrogen-bond donors (Lipinski definition) is 1. The van der Waals surface area contributed by atoms with Crippen molar-refractivity contribution in [2.75, 3.05) is 7.11 Å². The van der Waals surface area contributed by atoms with E-state index < -0.39 is 0 Å². The third kappa shape index (κ3) is 5.52. The number of nitrogens with zero attached hydrogens (tertiary/aromatic N) is 4. The van der Waals surface area contributed by atoms with Crippen LogP contribution in [0.1, 0.15) is 11.1 Å². The van der Waals surface area contributed by atoms with Crippen LogP contribution in [0.15, 0.2) is 72.8 Å². The van der Waals surface area contributed by atoms with Crippen molar-refractivity contribution in [3.05, 3.63) is 88.9 Å². The maximum Gasteiger partial charge on any atom is 0.346 e. The molecule has 0 unspecified atom stereocenters. The molecular weight excluding hydrogens is 437 g/mol. The van der Waals surface area contributed by atoms with E-state index in [4.69, 9.17) is 21.1 Å². The number of hydrogen-bond acceptors (Lipinski definition) is 6. The average molecular weight is 458 g/mol. The molecule has 0 saturated carbocycles. The molecule has 3 aromatic carbocycles. The second-order valence-corrected chi connectivity index (χ2v) is 6.90. The van der Waals surface area contributed by atoms with Crippen LogP contribution in [0.25, 0.3) is 5.69 Å². The zero-order chi connectivity index (χ0) is 20.8. The predicted octanol–water partition coefficient (Wildman–Crippen LogP) is 4.83. The van der Waals surface area contributed by atoms with Crippen molar-refractivity contribution >= 4 is 24.0 Å². The predicted molar refractivity (Wildman–Crippen MR) is 121 cm³/mol. The van der Waals surface area contributed by atoms with E-state index in [1.165, 1.54) is 4.68 Å². The third-order valence-corrected chi connectivity index (χ3v) is 4.84. The molecular formula is C22H21Cl2N5O2. The molecule has 0 spiro atoms. The van der Waals surface area contributed by atoms with Gasteiger partial charge < -0.3 is 14.8 Å². The fourth-order valence-corrected chi connectivity index (χ4v) is 3.16. The van der Waals surface area contributed by atoms with Gasteiger partial charge in [-0.2, -0.15) is 4.68 Å². The molecule has 0 atom stereocenters. The molecule has 1 N–H and O–H groups in total. The summed E-state index contributed by atoms with van der Waals surface area (Å²) >= 11 is 6.20. The number of benzene rings is 3. The van der Waals surface area contributed by atoms with Crippen LogP contribution < -0.4 is 14.8 Å². The topological polar surface area (TPSA) is 74.1 Å². The van der Waals surface area contributed by atoms with Gasteiger partial charge in [-0.05, 0) is 51.9 Å². The first-order valence-corrected chi connectivity index (χ1v) is 9.75. The SMILES string of the molecule is COc1cc(CNCc2ccccc2Cl)ccc1Oc1nnnn1-c1ccccc1.Cl. The summed E-state index contributed by atoms with van der Waals surface area (Å²) in [7, 11) is 1.60. The summed E-state index contributed by atoms with van der Waals surface area (Å²) in [6.07, 6.45) is 0. The summed E-state index contributed by atoms with van der Waals surface area (Å²) in [6, 6.07) is 23.3. The van der Waals surface area contributed by atoms with Gasteiger partial charge in [-0.3, -0.25) is 0 Å². The lowest BCUT2D eigenvalue weighted by Gasteiger charge is -2.12. The largest absolute Gasteiger partial charge is 0.493 e. The molecule has 0 amide bonds. The first-order chi connectivity index (χ1) is 14.7. The van der Waals surface area contributed by atoms with Crippen LogP contribution in [0.5, 0.6) is 17.5 Å². The standard InChI is InChI=1S/C22H20ClN5O2.ClH/c1-29-21-13-16(14-24-15-17-7-5-6-10-19(17)23)11-12-20(21)30-22-25-26-27-28(22)18-8-3-2-4-9-18;/h2-13,24H,14-15H2,1H3;1H. The third-order valence-electron chi connectivity index (χ3n) is 4.47. The van der Waals surface area contributed by atoms with Gasteiger partial charge in [-0.25, -0.2) is 0 Å². The van der Waals surface area contributed by atoms with E-state index in [9.17, 15) is 0 Å². The monoisotopic (exact) mass is 457 g/mol. The maximum absolute atomic E-state index is 6.20. The van der Waals surface area contributed by atoms with Crippen LogP contribution in [0.2, 0.25) is 5.02 Å². The lowest BCUT2D eigenvalue weighted by atomic mass is 10.2. The molecule has 9 heteroatoms. The van der Waals surface area contributed by atoms with E-state index in [1.807, 2.05) is 72.8 Å². The van der Waals surface area contributed by atoms with Gasteiger partial charge >= 0.3 is 6.01 Å². The van der Waals surface area contributed by atoms with Crippen molar-refractivity contribution in [2.24, 2.45) is 0 Å². The summed E-state index contributed by atoms with van der Waals surface area (Å²) in [6.45, 7) is 1.33. The van der Waals surface area contributed by atoms with E-state index >= 15 is 0 Å². The molecule has 4 rings (SSSR count). The minimum absolute atomic E-state index is 0. The van der Waals surface area contributed by atoms with E-state index in [2.05, 4.69) is 20.8 Å². The summed E-state index contributed by atoms with van der Waals surface area (Å²) in [4.78, 5) is 0. The molecule has 7 nitrogen and oxygen atoms in total. The van der Waals surface area contributed by atoms with Crippen molar-refractivity contribution in [1.82, 2.24) is 25.5 Å². The van der Waals surface area contributed by atoms with Gasteiger partial charge in [-0.15, -0.1) is 12.4 Å². The molecule has 0 aliphatic heterocycles. The maximum atomic E-state index is 6.20. The van der Waals surface area contributed by atoms with Crippen molar-refractivity contribution in [2.45, 2.75) is 13.1 Å². The Labute approximate surface area is 191 Å². The van der Waals surface area contributed by atoms with Crippen LogP contribution in [0, 0.1) is 0 Å². The highest BCUT2D eigenvalue weighted by Crippen LogP contribution is 2.32. The molecule has 1 heterocycles. The van der Waals surface area contributed by atoms with Crippen molar-refractivity contribution < 1.29 is 9.47 Å². The Kier molecular flexibility index (Phi) is 7.83. The van der Waals surface area contributed by atoms with E-state index in [1.54, 1.807) is 7.11 Å². The van der Waals surface area contributed by atoms with Crippen molar-refractivity contribution in [1.29, 1.82) is 0 Å². The van der Waals surface area contributed by atoms with Gasteiger partial charge in [0.1, 0.15) is 0 Å². The van der Waals surface area contributed by atoms with Gasteiger partial charge in [0.15, 0.2) is 11.5 Å². The molecule has 0 fully saturated rings. The highest BCUT2D eigenvalue weighted by atomic mass is 35.5. The Morgan fingerprint density at radius 1 is 0.935 bits per heavy atom. The quantitative estimate of drug-likeness (QED) is 0.408. The van der Waals surface area contributed by atoms with Gasteiger partial charge in [0.25, 0.3) is 0 Å². The number of aromatic nitrogens is 4. The van der Waals surface area contributed by atoms with Crippen molar-refractivity contribution in [3.8, 4) is 23.2 Å². The van der Waals surface area contributed by atoms with Gasteiger partial charge in [0.05, 0.1) is 12.8 Å². The highest BCUT2D eigenvalue weighted by molar-refractivity contribution is 6.31. The molecule has 0 aliphatic rings. The van der Waals surface area contributed by atoms with Gasteiger partial charge in [-0.1, -0.05) is 59.2 Å². The number of ether oxygens (including phenoxy) is 2. The van der Waals surface area contributed by atoms with E-state index in [-0.39, 0.29) is 18.4 Å². The molecule has 0 radical (unpaired) electrons. The van der Waals surface area contributed by atoms with Crippen molar-refractivity contribution in [3.63, 3.8) is 0 Å². The molecule has 0 saturated heterocycles. The lowest BCUT2D eigenvalue weighted by Crippen LogP contribution is -2.13. The first kappa shape index (κ1) is 22.6. The van der Waals surface area contributed by atoms with Gasteiger partial charge in [0.2, 0.25) is 0 Å². The Morgan fingerprint density at radius 3 is 2.48 bits per heavy atom. The number of halogens is 2.